The number of anilines is 1. The van der Waals surface area contributed by atoms with Gasteiger partial charge in [0.15, 0.2) is 0 Å². The lowest BCUT2D eigenvalue weighted by molar-refractivity contribution is 1.13. The highest BCUT2D eigenvalue weighted by Crippen LogP contribution is 2.30. The van der Waals surface area contributed by atoms with Crippen molar-refractivity contribution in [3.8, 4) is 0 Å². The molecule has 2 aromatic rings. The lowest BCUT2D eigenvalue weighted by Crippen LogP contribution is -2.33. The lowest BCUT2D eigenvalue weighted by Gasteiger charge is -2.19. The van der Waals surface area contributed by atoms with Crippen LogP contribution >= 0.6 is 40.1 Å². The Kier molecular flexibility index (Phi) is 7.95. The first kappa shape index (κ1) is 19.9. The van der Waals surface area contributed by atoms with E-state index in [0.29, 0.717) is 5.96 Å². The molecule has 0 amide bonds. The second-order valence-electron chi connectivity index (χ2n) is 4.87. The number of aliphatic imine (C=N–C) groups is 1. The second kappa shape index (κ2) is 9.21. The molecule has 0 aromatic heterocycles. The van der Waals surface area contributed by atoms with E-state index in [9.17, 15) is 0 Å². The van der Waals surface area contributed by atoms with E-state index in [2.05, 4.69) is 46.0 Å². The lowest BCUT2D eigenvalue weighted by atomic mass is 10.1. The zero-order valence-corrected chi connectivity index (χ0v) is 16.6. The first-order valence-corrected chi connectivity index (χ1v) is 9.07. The van der Waals surface area contributed by atoms with Gasteiger partial charge in [-0.25, -0.2) is 4.99 Å². The molecular formula is C17H21BrClN3S. The van der Waals surface area contributed by atoms with Crippen LogP contribution in [0.2, 0.25) is 0 Å². The van der Waals surface area contributed by atoms with Crippen molar-refractivity contribution in [2.24, 2.45) is 10.7 Å². The summed E-state index contributed by atoms with van der Waals surface area (Å²) in [6.07, 6.45) is 3.04. The summed E-state index contributed by atoms with van der Waals surface area (Å²) in [5.41, 5.74) is 9.34. The Hall–Kier alpha value is -1.17. The largest absolute Gasteiger partial charge is 0.369 e. The molecular weight excluding hydrogens is 394 g/mol. The fourth-order valence-corrected chi connectivity index (χ4v) is 2.79. The van der Waals surface area contributed by atoms with Gasteiger partial charge in [-0.15, -0.1) is 24.2 Å². The summed E-state index contributed by atoms with van der Waals surface area (Å²) in [6, 6.07) is 14.4. The van der Waals surface area contributed by atoms with Gasteiger partial charge in [0.05, 0.1) is 5.69 Å². The average Bonchev–Trinajstić information content (AvgIpc) is 2.56. The van der Waals surface area contributed by atoms with Gasteiger partial charge in [0.2, 0.25) is 5.96 Å². The van der Waals surface area contributed by atoms with E-state index in [-0.39, 0.29) is 12.4 Å². The number of rotatable bonds is 4. The molecule has 0 aliphatic rings. The normalized spacial score (nSPS) is 11.0. The van der Waals surface area contributed by atoms with Crippen LogP contribution in [-0.2, 0) is 6.42 Å². The molecule has 23 heavy (non-hydrogen) atoms. The fraction of sp³-hybridized carbons (Fsp3) is 0.235. The fourth-order valence-electron chi connectivity index (χ4n) is 2.02. The molecule has 0 spiro atoms. The van der Waals surface area contributed by atoms with Crippen LogP contribution in [0.1, 0.15) is 12.5 Å². The summed E-state index contributed by atoms with van der Waals surface area (Å²) in [6.45, 7) is 2.14. The minimum Gasteiger partial charge on any atom is -0.369 e. The number of hydrogen-bond acceptors (Lipinski definition) is 2. The molecule has 0 aliphatic carbocycles. The molecule has 0 radical (unpaired) electrons. The summed E-state index contributed by atoms with van der Waals surface area (Å²) in [5.74, 6) is 0.465. The van der Waals surface area contributed by atoms with Crippen molar-refractivity contribution >= 4 is 57.4 Å². The number of aryl methyl sites for hydroxylation is 1. The van der Waals surface area contributed by atoms with E-state index in [0.717, 1.165) is 27.2 Å². The zero-order valence-electron chi connectivity index (χ0n) is 13.4. The standard InChI is InChI=1S/C17H20BrN3S.ClH/c1-4-12-6-5-7-13(10-12)21(2)17(19)20-16-11-14(22-3)8-9-15(16)18;/h5-11H,4H2,1-3H3,(H2,19,20);1H. The Balaban J connectivity index is 0.00000264. The van der Waals surface area contributed by atoms with Crippen molar-refractivity contribution in [2.45, 2.75) is 18.2 Å². The maximum atomic E-state index is 6.18. The third-order valence-electron chi connectivity index (χ3n) is 3.44. The van der Waals surface area contributed by atoms with Crippen LogP contribution in [0.5, 0.6) is 0 Å². The molecule has 2 rings (SSSR count). The van der Waals surface area contributed by atoms with Gasteiger partial charge < -0.3 is 10.6 Å². The summed E-state index contributed by atoms with van der Waals surface area (Å²) in [4.78, 5) is 7.62. The maximum absolute atomic E-state index is 6.18. The molecule has 0 unspecified atom stereocenters. The quantitative estimate of drug-likeness (QED) is 0.423. The first-order chi connectivity index (χ1) is 10.5. The number of hydrogen-bond donors (Lipinski definition) is 1. The van der Waals surface area contributed by atoms with Gasteiger partial charge in [-0.2, -0.15) is 0 Å². The van der Waals surface area contributed by atoms with Gasteiger partial charge >= 0.3 is 0 Å². The van der Waals surface area contributed by atoms with E-state index in [1.807, 2.05) is 42.5 Å². The zero-order chi connectivity index (χ0) is 16.1. The van der Waals surface area contributed by atoms with Crippen LogP contribution in [0, 0.1) is 0 Å². The van der Waals surface area contributed by atoms with Gasteiger partial charge in [-0.05, 0) is 64.5 Å². The highest BCUT2D eigenvalue weighted by molar-refractivity contribution is 9.10. The second-order valence-corrected chi connectivity index (χ2v) is 6.60. The summed E-state index contributed by atoms with van der Waals surface area (Å²) in [5, 5.41) is 0. The number of nitrogens with two attached hydrogens (primary N) is 1. The Bertz CT molecular complexity index is 691. The number of nitrogens with zero attached hydrogens (tertiary/aromatic N) is 2. The SMILES string of the molecule is CCc1cccc(N(C)C(N)=Nc2cc(SC)ccc2Br)c1.Cl. The van der Waals surface area contributed by atoms with Crippen molar-refractivity contribution in [1.29, 1.82) is 0 Å². The molecule has 124 valence electrons. The third kappa shape index (κ3) is 5.16. The van der Waals surface area contributed by atoms with Crippen LogP contribution < -0.4 is 10.6 Å². The Morgan fingerprint density at radius 1 is 1.26 bits per heavy atom. The Morgan fingerprint density at radius 3 is 2.65 bits per heavy atom. The van der Waals surface area contributed by atoms with E-state index in [1.165, 1.54) is 5.56 Å². The molecule has 0 aliphatic heterocycles. The number of thioether (sulfide) groups is 1. The smallest absolute Gasteiger partial charge is 0.200 e. The predicted octanol–water partition coefficient (Wildman–Crippen LogP) is 5.24. The summed E-state index contributed by atoms with van der Waals surface area (Å²) >= 11 is 5.21. The topological polar surface area (TPSA) is 41.6 Å². The highest BCUT2D eigenvalue weighted by Gasteiger charge is 2.08. The molecule has 6 heteroatoms. The maximum Gasteiger partial charge on any atom is 0.200 e. The highest BCUT2D eigenvalue weighted by atomic mass is 79.9. The molecule has 3 nitrogen and oxygen atoms in total. The Labute approximate surface area is 156 Å². The van der Waals surface area contributed by atoms with E-state index in [4.69, 9.17) is 5.73 Å². The molecule has 0 heterocycles. The van der Waals surface area contributed by atoms with Gasteiger partial charge in [0.1, 0.15) is 0 Å². The van der Waals surface area contributed by atoms with E-state index in [1.54, 1.807) is 11.8 Å². The van der Waals surface area contributed by atoms with Gasteiger partial charge in [-0.3, -0.25) is 0 Å². The molecule has 0 fully saturated rings. The molecule has 2 N–H and O–H groups in total. The monoisotopic (exact) mass is 413 g/mol. The van der Waals surface area contributed by atoms with E-state index >= 15 is 0 Å². The number of benzene rings is 2. The van der Waals surface area contributed by atoms with Gasteiger partial charge in [-0.1, -0.05) is 19.1 Å². The van der Waals surface area contributed by atoms with Crippen LogP contribution in [-0.4, -0.2) is 19.3 Å². The van der Waals surface area contributed by atoms with Crippen molar-refractivity contribution in [2.75, 3.05) is 18.2 Å². The minimum atomic E-state index is 0. The molecule has 0 atom stereocenters. The first-order valence-electron chi connectivity index (χ1n) is 7.05. The third-order valence-corrected chi connectivity index (χ3v) is 4.83. The molecule has 0 saturated carbocycles. The van der Waals surface area contributed by atoms with Crippen LogP contribution in [0.3, 0.4) is 0 Å². The van der Waals surface area contributed by atoms with Crippen molar-refractivity contribution in [1.82, 2.24) is 0 Å². The molecule has 0 saturated heterocycles. The Morgan fingerprint density at radius 2 is 2.00 bits per heavy atom. The van der Waals surface area contributed by atoms with Gasteiger partial charge in [0.25, 0.3) is 0 Å². The summed E-state index contributed by atoms with van der Waals surface area (Å²) in [7, 11) is 1.93. The minimum absolute atomic E-state index is 0. The van der Waals surface area contributed by atoms with Gasteiger partial charge in [0, 0.05) is 22.1 Å². The van der Waals surface area contributed by atoms with Crippen molar-refractivity contribution < 1.29 is 0 Å². The van der Waals surface area contributed by atoms with Crippen LogP contribution in [0.25, 0.3) is 0 Å². The number of guanidine groups is 1. The van der Waals surface area contributed by atoms with Crippen LogP contribution in [0.4, 0.5) is 11.4 Å². The summed E-state index contributed by atoms with van der Waals surface area (Å²) < 4.78 is 0.934. The number of halogens is 2. The van der Waals surface area contributed by atoms with Crippen molar-refractivity contribution in [3.63, 3.8) is 0 Å². The average molecular weight is 415 g/mol. The molecule has 0 bridgehead atoms. The van der Waals surface area contributed by atoms with E-state index < -0.39 is 0 Å². The predicted molar refractivity (Wildman–Crippen MR) is 109 cm³/mol. The van der Waals surface area contributed by atoms with Crippen molar-refractivity contribution in [3.05, 3.63) is 52.5 Å². The molecule has 2 aromatic carbocycles. The van der Waals surface area contributed by atoms with Crippen LogP contribution in [0.15, 0.2) is 56.8 Å².